The van der Waals surface area contributed by atoms with E-state index in [4.69, 9.17) is 0 Å². The first kappa shape index (κ1) is 14.9. The van der Waals surface area contributed by atoms with E-state index in [0.717, 1.165) is 12.1 Å². The minimum atomic E-state index is -0.0678. The van der Waals surface area contributed by atoms with E-state index >= 15 is 0 Å². The number of carbonyl (C=O) groups is 1. The third kappa shape index (κ3) is 4.85. The molecule has 2 rings (SSSR count). The second-order valence-corrected chi connectivity index (χ2v) is 6.01. The second kappa shape index (κ2) is 6.75. The van der Waals surface area contributed by atoms with Crippen molar-refractivity contribution in [2.24, 2.45) is 5.92 Å². The van der Waals surface area contributed by atoms with E-state index in [1.54, 1.807) is 0 Å². The van der Waals surface area contributed by atoms with E-state index in [1.165, 1.54) is 18.4 Å². The Morgan fingerprint density at radius 1 is 1.25 bits per heavy atom. The lowest BCUT2D eigenvalue weighted by Crippen LogP contribution is -2.41. The molecule has 4 heteroatoms. The molecule has 0 heterocycles. The Morgan fingerprint density at radius 2 is 1.85 bits per heavy atom. The van der Waals surface area contributed by atoms with Crippen LogP contribution in [0, 0.1) is 5.92 Å². The molecule has 1 aliphatic carbocycles. The summed E-state index contributed by atoms with van der Waals surface area (Å²) in [6.45, 7) is 3.59. The van der Waals surface area contributed by atoms with Crippen molar-refractivity contribution >= 4 is 6.03 Å². The fourth-order valence-corrected chi connectivity index (χ4v) is 2.28. The first-order valence-corrected chi connectivity index (χ1v) is 7.31. The van der Waals surface area contributed by atoms with E-state index in [1.807, 2.05) is 0 Å². The summed E-state index contributed by atoms with van der Waals surface area (Å²) in [5, 5.41) is 5.91. The largest absolute Gasteiger partial charge is 0.335 e. The summed E-state index contributed by atoms with van der Waals surface area (Å²) in [6.07, 6.45) is 2.49. The van der Waals surface area contributed by atoms with Crippen LogP contribution < -0.4 is 10.6 Å². The van der Waals surface area contributed by atoms with Crippen LogP contribution in [0.4, 0.5) is 4.79 Å². The van der Waals surface area contributed by atoms with Gasteiger partial charge >= 0.3 is 6.03 Å². The topological polar surface area (TPSA) is 44.4 Å². The summed E-state index contributed by atoms with van der Waals surface area (Å²) in [5.41, 5.74) is 2.41. The molecule has 1 aliphatic rings. The van der Waals surface area contributed by atoms with Gasteiger partial charge in [0.2, 0.25) is 0 Å². The highest BCUT2D eigenvalue weighted by molar-refractivity contribution is 5.74. The van der Waals surface area contributed by atoms with Crippen molar-refractivity contribution in [3.8, 4) is 0 Å². The van der Waals surface area contributed by atoms with Gasteiger partial charge in [0.1, 0.15) is 0 Å². The maximum absolute atomic E-state index is 11.7. The maximum atomic E-state index is 11.7. The second-order valence-electron chi connectivity index (χ2n) is 6.01. The molecule has 0 bridgehead atoms. The van der Waals surface area contributed by atoms with Crippen LogP contribution in [0.2, 0.25) is 0 Å². The van der Waals surface area contributed by atoms with Gasteiger partial charge in [0.15, 0.2) is 0 Å². The number of hydrogen-bond donors (Lipinski definition) is 2. The third-order valence-corrected chi connectivity index (χ3v) is 3.66. The number of nitrogens with one attached hydrogen (secondary N) is 2. The number of hydrogen-bond acceptors (Lipinski definition) is 2. The molecule has 110 valence electrons. The highest BCUT2D eigenvalue weighted by Gasteiger charge is 2.28. The molecule has 0 spiro atoms. The van der Waals surface area contributed by atoms with Crippen LogP contribution in [0.5, 0.6) is 0 Å². The number of amides is 2. The Labute approximate surface area is 121 Å². The van der Waals surface area contributed by atoms with E-state index in [0.29, 0.717) is 12.5 Å². The number of rotatable bonds is 6. The number of carbonyl (C=O) groups excluding carboxylic acids is 1. The lowest BCUT2D eigenvalue weighted by atomic mass is 10.1. The predicted molar refractivity (Wildman–Crippen MR) is 81.4 cm³/mol. The van der Waals surface area contributed by atoms with Crippen molar-refractivity contribution in [1.29, 1.82) is 0 Å². The van der Waals surface area contributed by atoms with Gasteiger partial charge in [-0.3, -0.25) is 0 Å². The van der Waals surface area contributed by atoms with Crippen molar-refractivity contribution in [3.05, 3.63) is 35.4 Å². The van der Waals surface area contributed by atoms with E-state index in [2.05, 4.69) is 60.8 Å². The molecule has 2 N–H and O–H groups in total. The molecule has 2 amide bonds. The van der Waals surface area contributed by atoms with Gasteiger partial charge in [-0.15, -0.1) is 0 Å². The first-order chi connectivity index (χ1) is 9.54. The smallest absolute Gasteiger partial charge is 0.315 e. The SMILES string of the molecule is CC(NC(=O)NCc1ccc(CN(C)C)cc1)C1CC1. The third-order valence-electron chi connectivity index (χ3n) is 3.66. The summed E-state index contributed by atoms with van der Waals surface area (Å²) < 4.78 is 0. The van der Waals surface area contributed by atoms with E-state index < -0.39 is 0 Å². The van der Waals surface area contributed by atoms with Gasteiger partial charge in [-0.25, -0.2) is 4.79 Å². The van der Waals surface area contributed by atoms with Crippen LogP contribution in [-0.2, 0) is 13.1 Å². The van der Waals surface area contributed by atoms with Crippen LogP contribution >= 0.6 is 0 Å². The molecule has 0 radical (unpaired) electrons. The predicted octanol–water partition coefficient (Wildman–Crippen LogP) is 2.35. The number of urea groups is 1. The molecule has 4 nitrogen and oxygen atoms in total. The molecule has 1 unspecified atom stereocenters. The van der Waals surface area contributed by atoms with Crippen molar-refractivity contribution in [1.82, 2.24) is 15.5 Å². The summed E-state index contributed by atoms with van der Waals surface area (Å²) in [6, 6.07) is 8.59. The lowest BCUT2D eigenvalue weighted by Gasteiger charge is -2.14. The standard InChI is InChI=1S/C16H25N3O/c1-12(15-8-9-15)18-16(20)17-10-13-4-6-14(7-5-13)11-19(2)3/h4-7,12,15H,8-11H2,1-3H3,(H2,17,18,20). The molecular formula is C16H25N3O. The molecule has 1 saturated carbocycles. The van der Waals surface area contributed by atoms with E-state index in [9.17, 15) is 4.79 Å². The van der Waals surface area contributed by atoms with Crippen molar-refractivity contribution in [2.75, 3.05) is 14.1 Å². The minimum Gasteiger partial charge on any atom is -0.335 e. The summed E-state index contributed by atoms with van der Waals surface area (Å²) in [7, 11) is 4.11. The van der Waals surface area contributed by atoms with Gasteiger partial charge in [-0.1, -0.05) is 24.3 Å². The fourth-order valence-electron chi connectivity index (χ4n) is 2.28. The van der Waals surface area contributed by atoms with Crippen molar-refractivity contribution in [3.63, 3.8) is 0 Å². The normalized spacial score (nSPS) is 16.0. The maximum Gasteiger partial charge on any atom is 0.315 e. The molecule has 1 atom stereocenters. The minimum absolute atomic E-state index is 0.0678. The van der Waals surface area contributed by atoms with Crippen molar-refractivity contribution in [2.45, 2.75) is 38.9 Å². The van der Waals surface area contributed by atoms with Crippen LogP contribution in [-0.4, -0.2) is 31.1 Å². The van der Waals surface area contributed by atoms with Crippen LogP contribution in [0.3, 0.4) is 0 Å². The van der Waals surface area contributed by atoms with Gasteiger partial charge in [0.05, 0.1) is 0 Å². The van der Waals surface area contributed by atoms with Crippen molar-refractivity contribution < 1.29 is 4.79 Å². The summed E-state index contributed by atoms with van der Waals surface area (Å²) >= 11 is 0. The Bertz CT molecular complexity index is 438. The monoisotopic (exact) mass is 275 g/mol. The van der Waals surface area contributed by atoms with Crippen LogP contribution in [0.1, 0.15) is 30.9 Å². The zero-order valence-electron chi connectivity index (χ0n) is 12.6. The molecule has 0 aromatic heterocycles. The van der Waals surface area contributed by atoms with Crippen LogP contribution in [0.15, 0.2) is 24.3 Å². The average Bonchev–Trinajstić information content (AvgIpc) is 3.21. The van der Waals surface area contributed by atoms with Gasteiger partial charge in [-0.05, 0) is 50.9 Å². The quantitative estimate of drug-likeness (QED) is 0.837. The fraction of sp³-hybridized carbons (Fsp3) is 0.562. The van der Waals surface area contributed by atoms with Gasteiger partial charge in [-0.2, -0.15) is 0 Å². The molecular weight excluding hydrogens is 250 g/mol. The highest BCUT2D eigenvalue weighted by Crippen LogP contribution is 2.32. The average molecular weight is 275 g/mol. The summed E-state index contributed by atoms with van der Waals surface area (Å²) in [5.74, 6) is 0.686. The van der Waals surface area contributed by atoms with Gasteiger partial charge in [0.25, 0.3) is 0 Å². The molecule has 1 aromatic carbocycles. The zero-order chi connectivity index (χ0) is 14.5. The molecule has 20 heavy (non-hydrogen) atoms. The Kier molecular flexibility index (Phi) is 5.01. The Morgan fingerprint density at radius 3 is 2.40 bits per heavy atom. The van der Waals surface area contributed by atoms with Gasteiger partial charge in [0, 0.05) is 19.1 Å². The van der Waals surface area contributed by atoms with E-state index in [-0.39, 0.29) is 12.1 Å². The molecule has 0 aliphatic heterocycles. The molecule has 1 fully saturated rings. The first-order valence-electron chi connectivity index (χ1n) is 7.31. The Balaban J connectivity index is 1.74. The lowest BCUT2D eigenvalue weighted by molar-refractivity contribution is 0.236. The van der Waals surface area contributed by atoms with Crippen LogP contribution in [0.25, 0.3) is 0 Å². The molecule has 0 saturated heterocycles. The highest BCUT2D eigenvalue weighted by atomic mass is 16.2. The number of nitrogens with zero attached hydrogens (tertiary/aromatic N) is 1. The number of benzene rings is 1. The molecule has 1 aromatic rings. The summed E-state index contributed by atoms with van der Waals surface area (Å²) in [4.78, 5) is 13.9. The Hall–Kier alpha value is -1.55. The zero-order valence-corrected chi connectivity index (χ0v) is 12.6. The van der Waals surface area contributed by atoms with Gasteiger partial charge < -0.3 is 15.5 Å².